The number of hydrogen-bond donors (Lipinski definition) is 1. The van der Waals surface area contributed by atoms with Crippen molar-refractivity contribution in [2.45, 2.75) is 6.92 Å². The fraction of sp³-hybridized carbons (Fsp3) is 0.0556. The number of nitrogens with zero attached hydrogens (tertiary/aromatic N) is 3. The molecule has 0 fully saturated rings. The molecule has 0 saturated heterocycles. The maximum absolute atomic E-state index is 12.3. The van der Waals surface area contributed by atoms with Crippen molar-refractivity contribution in [3.05, 3.63) is 74.6 Å². The Morgan fingerprint density at radius 2 is 2.00 bits per heavy atom. The van der Waals surface area contributed by atoms with Crippen molar-refractivity contribution in [2.75, 3.05) is 5.32 Å². The molecule has 0 bridgehead atoms. The number of anilines is 1. The van der Waals surface area contributed by atoms with Crippen LogP contribution in [0.4, 0.5) is 10.8 Å². The molecule has 8 heteroatoms. The maximum Gasteiger partial charge on any atom is 0.272 e. The van der Waals surface area contributed by atoms with Gasteiger partial charge in [-0.05, 0) is 31.2 Å². The van der Waals surface area contributed by atoms with E-state index >= 15 is 0 Å². The molecule has 1 amide bonds. The quantitative estimate of drug-likeness (QED) is 0.552. The second kappa shape index (κ2) is 7.13. The summed E-state index contributed by atoms with van der Waals surface area (Å²) < 4.78 is 0. The van der Waals surface area contributed by atoms with Crippen LogP contribution in [-0.2, 0) is 0 Å². The van der Waals surface area contributed by atoms with Gasteiger partial charge >= 0.3 is 0 Å². The van der Waals surface area contributed by atoms with Gasteiger partial charge in [-0.25, -0.2) is 4.98 Å². The second-order valence-corrected chi connectivity index (χ2v) is 6.30. The molecule has 0 aliphatic rings. The Labute approximate surface area is 152 Å². The molecule has 0 aliphatic carbocycles. The van der Waals surface area contributed by atoms with Crippen LogP contribution in [-0.4, -0.2) is 15.8 Å². The minimum Gasteiger partial charge on any atom is -0.298 e. The molecule has 0 aliphatic heterocycles. The molecule has 2 aromatic carbocycles. The zero-order valence-corrected chi connectivity index (χ0v) is 14.4. The van der Waals surface area contributed by atoms with Crippen LogP contribution in [0.5, 0.6) is 0 Å². The first-order valence-electron chi connectivity index (χ1n) is 7.50. The summed E-state index contributed by atoms with van der Waals surface area (Å²) in [4.78, 5) is 27.1. The molecule has 128 valence electrons. The van der Waals surface area contributed by atoms with Crippen LogP contribution in [0.25, 0.3) is 11.3 Å². The number of benzene rings is 2. The lowest BCUT2D eigenvalue weighted by Gasteiger charge is -2.03. The summed E-state index contributed by atoms with van der Waals surface area (Å²) in [5.41, 5.74) is 2.80. The summed E-state index contributed by atoms with van der Waals surface area (Å²) in [7, 11) is 0. The Hall–Kier alpha value is -3.57. The first-order chi connectivity index (χ1) is 12.5. The molecule has 0 saturated carbocycles. The summed E-state index contributed by atoms with van der Waals surface area (Å²) in [5, 5.41) is 24.6. The number of aromatic nitrogens is 1. The monoisotopic (exact) mass is 364 g/mol. The van der Waals surface area contributed by atoms with Gasteiger partial charge in [-0.3, -0.25) is 20.2 Å². The topological polar surface area (TPSA) is 109 Å². The number of thiazole rings is 1. The number of nitrogens with one attached hydrogen (secondary N) is 1. The number of nitro groups is 1. The SMILES string of the molecule is Cc1cc(C(=O)Nc2nc(-c3ccc(C#N)cc3)cs2)ccc1[N+](=O)[O-]. The second-order valence-electron chi connectivity index (χ2n) is 5.44. The van der Waals surface area contributed by atoms with Crippen molar-refractivity contribution >= 4 is 28.1 Å². The average Bonchev–Trinajstić information content (AvgIpc) is 3.09. The Bertz CT molecular complexity index is 1040. The zero-order valence-electron chi connectivity index (χ0n) is 13.6. The Kier molecular flexibility index (Phi) is 4.73. The molecule has 1 N–H and O–H groups in total. The normalized spacial score (nSPS) is 10.2. The van der Waals surface area contributed by atoms with E-state index in [1.165, 1.54) is 29.5 Å². The molecule has 7 nitrogen and oxygen atoms in total. The van der Waals surface area contributed by atoms with Gasteiger partial charge in [0.25, 0.3) is 11.6 Å². The van der Waals surface area contributed by atoms with Crippen LogP contribution < -0.4 is 5.32 Å². The lowest BCUT2D eigenvalue weighted by Crippen LogP contribution is -2.12. The molecular weight excluding hydrogens is 352 g/mol. The highest BCUT2D eigenvalue weighted by Crippen LogP contribution is 2.26. The molecule has 0 atom stereocenters. The number of hydrogen-bond acceptors (Lipinski definition) is 6. The van der Waals surface area contributed by atoms with Crippen LogP contribution in [0.1, 0.15) is 21.5 Å². The van der Waals surface area contributed by atoms with Crippen molar-refractivity contribution < 1.29 is 9.72 Å². The minimum absolute atomic E-state index is 0.0288. The molecule has 1 aromatic heterocycles. The number of carbonyl (C=O) groups excluding carboxylic acids is 1. The Balaban J connectivity index is 1.76. The molecule has 3 aromatic rings. The van der Waals surface area contributed by atoms with Crippen molar-refractivity contribution in [2.24, 2.45) is 0 Å². The van der Waals surface area contributed by atoms with Crippen molar-refractivity contribution in [3.8, 4) is 17.3 Å². The van der Waals surface area contributed by atoms with E-state index in [9.17, 15) is 14.9 Å². The van der Waals surface area contributed by atoms with E-state index in [0.717, 1.165) is 5.56 Å². The first kappa shape index (κ1) is 17.3. The van der Waals surface area contributed by atoms with Crippen LogP contribution in [0.15, 0.2) is 47.8 Å². The van der Waals surface area contributed by atoms with Crippen molar-refractivity contribution in [3.63, 3.8) is 0 Å². The summed E-state index contributed by atoms with van der Waals surface area (Å²) >= 11 is 1.27. The zero-order chi connectivity index (χ0) is 18.7. The summed E-state index contributed by atoms with van der Waals surface area (Å²) in [6, 6.07) is 13.2. The highest BCUT2D eigenvalue weighted by atomic mass is 32.1. The maximum atomic E-state index is 12.3. The Morgan fingerprint density at radius 1 is 1.27 bits per heavy atom. The van der Waals surface area contributed by atoms with Gasteiger partial charge in [0.2, 0.25) is 0 Å². The van der Waals surface area contributed by atoms with Crippen LogP contribution in [0.2, 0.25) is 0 Å². The van der Waals surface area contributed by atoms with E-state index in [0.29, 0.717) is 27.5 Å². The molecule has 0 radical (unpaired) electrons. The molecular formula is C18H12N4O3S. The van der Waals surface area contributed by atoms with Gasteiger partial charge < -0.3 is 0 Å². The van der Waals surface area contributed by atoms with E-state index in [-0.39, 0.29) is 11.6 Å². The molecule has 0 unspecified atom stereocenters. The molecule has 26 heavy (non-hydrogen) atoms. The lowest BCUT2D eigenvalue weighted by atomic mass is 10.1. The summed E-state index contributed by atoms with van der Waals surface area (Å²) in [5.74, 6) is -0.385. The van der Waals surface area contributed by atoms with Crippen molar-refractivity contribution in [1.82, 2.24) is 4.98 Å². The van der Waals surface area contributed by atoms with Gasteiger partial charge in [-0.2, -0.15) is 5.26 Å². The fourth-order valence-corrected chi connectivity index (χ4v) is 3.06. The highest BCUT2D eigenvalue weighted by Gasteiger charge is 2.15. The number of nitriles is 1. The Morgan fingerprint density at radius 3 is 2.62 bits per heavy atom. The number of nitro benzene ring substituents is 1. The van der Waals surface area contributed by atoms with Crippen LogP contribution in [0.3, 0.4) is 0 Å². The highest BCUT2D eigenvalue weighted by molar-refractivity contribution is 7.14. The van der Waals surface area contributed by atoms with Crippen LogP contribution >= 0.6 is 11.3 Å². The molecule has 1 heterocycles. The van der Waals surface area contributed by atoms with E-state index in [2.05, 4.69) is 16.4 Å². The molecule has 3 rings (SSSR count). The largest absolute Gasteiger partial charge is 0.298 e. The van der Waals surface area contributed by atoms with Gasteiger partial charge in [0, 0.05) is 28.1 Å². The third-order valence-electron chi connectivity index (χ3n) is 3.69. The third kappa shape index (κ3) is 3.58. The van der Waals surface area contributed by atoms with E-state index in [4.69, 9.17) is 5.26 Å². The van der Waals surface area contributed by atoms with E-state index in [1.54, 1.807) is 36.6 Å². The minimum atomic E-state index is -0.484. The predicted molar refractivity (Wildman–Crippen MR) is 98.1 cm³/mol. The number of aryl methyl sites for hydroxylation is 1. The first-order valence-corrected chi connectivity index (χ1v) is 8.38. The van der Waals surface area contributed by atoms with Crippen molar-refractivity contribution in [1.29, 1.82) is 5.26 Å². The number of amides is 1. The number of rotatable bonds is 4. The van der Waals surface area contributed by atoms with Gasteiger partial charge in [0.1, 0.15) is 0 Å². The lowest BCUT2D eigenvalue weighted by molar-refractivity contribution is -0.385. The summed E-state index contributed by atoms with van der Waals surface area (Å²) in [6.07, 6.45) is 0. The standard InChI is InChI=1S/C18H12N4O3S/c1-11-8-14(6-7-16(11)22(24)25)17(23)21-18-20-15(10-26-18)13-4-2-12(9-19)3-5-13/h2-8,10H,1H3,(H,20,21,23). The van der Waals surface area contributed by atoms with E-state index in [1.807, 2.05) is 0 Å². The molecule has 0 spiro atoms. The third-order valence-corrected chi connectivity index (χ3v) is 4.45. The number of carbonyl (C=O) groups is 1. The van der Waals surface area contributed by atoms with Gasteiger partial charge in [0.15, 0.2) is 5.13 Å². The average molecular weight is 364 g/mol. The fourth-order valence-electron chi connectivity index (χ4n) is 2.35. The van der Waals surface area contributed by atoms with Gasteiger partial charge in [-0.1, -0.05) is 12.1 Å². The van der Waals surface area contributed by atoms with Gasteiger partial charge in [-0.15, -0.1) is 11.3 Å². The van der Waals surface area contributed by atoms with Crippen LogP contribution in [0, 0.1) is 28.4 Å². The van der Waals surface area contributed by atoms with Gasteiger partial charge in [0.05, 0.1) is 22.2 Å². The predicted octanol–water partition coefficient (Wildman–Crippen LogP) is 4.15. The summed E-state index contributed by atoms with van der Waals surface area (Å²) in [6.45, 7) is 1.58. The van der Waals surface area contributed by atoms with E-state index < -0.39 is 4.92 Å². The smallest absolute Gasteiger partial charge is 0.272 e.